The van der Waals surface area contributed by atoms with Crippen LogP contribution in [0.1, 0.15) is 10.4 Å². The summed E-state index contributed by atoms with van der Waals surface area (Å²) in [6, 6.07) is 10.8. The molecule has 9 nitrogen and oxygen atoms in total. The fourth-order valence-corrected chi connectivity index (χ4v) is 2.35. The third kappa shape index (κ3) is 3.81. The molecule has 0 unspecified atom stereocenters. The summed E-state index contributed by atoms with van der Waals surface area (Å²) in [4.78, 5) is 21.2. The van der Waals surface area contributed by atoms with E-state index in [0.717, 1.165) is 0 Å². The van der Waals surface area contributed by atoms with Crippen LogP contribution in [-0.2, 0) is 10.0 Å². The number of benzene rings is 2. The molecule has 0 bridgehead atoms. The topological polar surface area (TPSA) is 145 Å². The van der Waals surface area contributed by atoms with Crippen LogP contribution in [0.5, 0.6) is 0 Å². The van der Waals surface area contributed by atoms with Gasteiger partial charge in [-0.05, 0) is 42.0 Å². The van der Waals surface area contributed by atoms with Crippen LogP contribution < -0.4 is 20.8 Å². The van der Waals surface area contributed by atoms with Gasteiger partial charge in [0.05, 0.1) is 27.5 Å². The van der Waals surface area contributed by atoms with Crippen LogP contribution >= 0.6 is 0 Å². The van der Waals surface area contributed by atoms with Crippen molar-refractivity contribution in [3.63, 3.8) is 0 Å². The van der Waals surface area contributed by atoms with Gasteiger partial charge in [-0.1, -0.05) is 12.1 Å². The first-order chi connectivity index (χ1) is 10.8. The number of sulfonamides is 1. The van der Waals surface area contributed by atoms with Crippen molar-refractivity contribution in [3.05, 3.63) is 59.0 Å². The maximum atomic E-state index is 11.2. The highest BCUT2D eigenvalue weighted by Gasteiger charge is 2.12. The van der Waals surface area contributed by atoms with Crippen LogP contribution in [-0.4, -0.2) is 14.4 Å². The van der Waals surface area contributed by atoms with Crippen molar-refractivity contribution in [2.24, 2.45) is 10.4 Å². The predicted octanol–water partition coefficient (Wildman–Crippen LogP) is 0.0216. The molecule has 2 rings (SSSR count). The number of carbonyl (C=O) groups excluding carboxylic acids is 1. The lowest BCUT2D eigenvalue weighted by atomic mass is 10.2. The first kappa shape index (κ1) is 16.4. The Morgan fingerprint density at radius 1 is 1.04 bits per heavy atom. The summed E-state index contributed by atoms with van der Waals surface area (Å²) in [7, 11) is -3.83. The summed E-state index contributed by atoms with van der Waals surface area (Å²) in [5.41, 5.74) is 2.94. The van der Waals surface area contributed by atoms with Gasteiger partial charge in [-0.25, -0.2) is 18.6 Å². The molecule has 0 amide bonds. The van der Waals surface area contributed by atoms with Crippen LogP contribution in [0.4, 0.5) is 11.4 Å². The molecule has 2 aromatic rings. The van der Waals surface area contributed by atoms with Gasteiger partial charge in [0.2, 0.25) is 10.0 Å². The highest BCUT2D eigenvalue weighted by molar-refractivity contribution is 7.89. The number of carboxylic acids is 1. The number of hydrogen-bond acceptors (Lipinski definition) is 7. The number of hydrazine groups is 1. The van der Waals surface area contributed by atoms with Crippen molar-refractivity contribution in [2.75, 3.05) is 5.01 Å². The Morgan fingerprint density at radius 2 is 1.52 bits per heavy atom. The first-order valence-electron chi connectivity index (χ1n) is 6.15. The lowest BCUT2D eigenvalue weighted by Gasteiger charge is -2.22. The maximum Gasteiger partial charge on any atom is 0.238 e. The van der Waals surface area contributed by atoms with Crippen LogP contribution in [0.15, 0.2) is 58.7 Å². The molecule has 0 atom stereocenters. The monoisotopic (exact) mass is 335 g/mol. The van der Waals surface area contributed by atoms with Crippen molar-refractivity contribution in [1.82, 2.24) is 5.53 Å². The van der Waals surface area contributed by atoms with E-state index in [2.05, 4.69) is 10.8 Å². The highest BCUT2D eigenvalue weighted by atomic mass is 32.2. The summed E-state index contributed by atoms with van der Waals surface area (Å²) in [6.07, 6.45) is 0. The van der Waals surface area contributed by atoms with Gasteiger partial charge in [0.15, 0.2) is 0 Å². The normalized spacial score (nSPS) is 10.8. The molecule has 0 aliphatic heterocycles. The standard InChI is InChI=1S/C13H12N4O5S/c14-23(21,22)12-7-5-11(6-8-12)17(15-16-20)10-3-1-9(2-4-10)13(18)19/h1-8H,(H,15,20)(H,18,19)(H2,14,21,22)/p-1. The van der Waals surface area contributed by atoms with Gasteiger partial charge in [-0.15, -0.1) is 4.91 Å². The fraction of sp³-hybridized carbons (Fsp3) is 0. The number of carboxylic acid groups (broad SMARTS) is 1. The van der Waals surface area contributed by atoms with E-state index in [1.165, 1.54) is 53.5 Å². The molecule has 10 heteroatoms. The van der Waals surface area contributed by atoms with Gasteiger partial charge < -0.3 is 9.90 Å². The van der Waals surface area contributed by atoms with Gasteiger partial charge in [0.1, 0.15) is 0 Å². The van der Waals surface area contributed by atoms with Gasteiger partial charge in [-0.2, -0.15) is 5.53 Å². The number of rotatable bonds is 6. The number of primary sulfonamides is 1. The summed E-state index contributed by atoms with van der Waals surface area (Å²) in [5, 5.41) is 19.5. The molecule has 0 aromatic heterocycles. The Kier molecular flexibility index (Phi) is 4.57. The largest absolute Gasteiger partial charge is 0.545 e. The van der Waals surface area contributed by atoms with E-state index in [0.29, 0.717) is 11.4 Å². The smallest absolute Gasteiger partial charge is 0.238 e. The minimum Gasteiger partial charge on any atom is -0.545 e. The molecule has 0 heterocycles. The molecule has 2 aromatic carbocycles. The van der Waals surface area contributed by atoms with E-state index >= 15 is 0 Å². The predicted molar refractivity (Wildman–Crippen MR) is 79.7 cm³/mol. The molecule has 0 spiro atoms. The van der Waals surface area contributed by atoms with E-state index in [1.807, 2.05) is 0 Å². The summed E-state index contributed by atoms with van der Waals surface area (Å²) in [5.74, 6) is -1.33. The lowest BCUT2D eigenvalue weighted by Crippen LogP contribution is -2.29. The second-order valence-electron chi connectivity index (χ2n) is 4.40. The van der Waals surface area contributed by atoms with E-state index in [-0.39, 0.29) is 10.5 Å². The zero-order chi connectivity index (χ0) is 17.0. The quantitative estimate of drug-likeness (QED) is 0.559. The number of anilines is 2. The fourth-order valence-electron chi connectivity index (χ4n) is 1.84. The SMILES string of the molecule is NS(=O)(=O)c1ccc(N(NN=O)c2ccc(C(=O)[O-])cc2)cc1. The van der Waals surface area contributed by atoms with Gasteiger partial charge in [0.25, 0.3) is 0 Å². The molecule has 0 aliphatic rings. The maximum absolute atomic E-state index is 11.2. The summed E-state index contributed by atoms with van der Waals surface area (Å²) in [6.45, 7) is 0. The highest BCUT2D eigenvalue weighted by Crippen LogP contribution is 2.24. The van der Waals surface area contributed by atoms with Crippen molar-refractivity contribution >= 4 is 27.4 Å². The third-order valence-electron chi connectivity index (χ3n) is 2.93. The molecule has 23 heavy (non-hydrogen) atoms. The molecular formula is C13H11N4O5S-. The third-order valence-corrected chi connectivity index (χ3v) is 3.85. The van der Waals surface area contributed by atoms with Crippen molar-refractivity contribution in [1.29, 1.82) is 0 Å². The number of nitrogens with zero attached hydrogens (tertiary/aromatic N) is 2. The molecule has 0 radical (unpaired) electrons. The van der Waals surface area contributed by atoms with E-state index in [1.54, 1.807) is 0 Å². The second kappa shape index (κ2) is 6.42. The Labute approximate surface area is 131 Å². The lowest BCUT2D eigenvalue weighted by molar-refractivity contribution is -0.255. The van der Waals surface area contributed by atoms with Gasteiger partial charge in [0, 0.05) is 0 Å². The average Bonchev–Trinajstić information content (AvgIpc) is 2.52. The van der Waals surface area contributed by atoms with Crippen LogP contribution in [0.3, 0.4) is 0 Å². The Balaban J connectivity index is 2.38. The summed E-state index contributed by atoms with van der Waals surface area (Å²) >= 11 is 0. The molecule has 0 fully saturated rings. The number of carbonyl (C=O) groups is 1. The Bertz CT molecular complexity index is 818. The number of aromatic carboxylic acids is 1. The van der Waals surface area contributed by atoms with Crippen molar-refractivity contribution in [3.8, 4) is 0 Å². The second-order valence-corrected chi connectivity index (χ2v) is 5.96. The van der Waals surface area contributed by atoms with Gasteiger partial charge in [-0.3, -0.25) is 0 Å². The number of nitroso groups, excluding NO2 is 1. The minimum atomic E-state index is -3.83. The van der Waals surface area contributed by atoms with Crippen molar-refractivity contribution in [2.45, 2.75) is 4.90 Å². The number of nitrogens with one attached hydrogen (secondary N) is 1. The molecule has 0 saturated heterocycles. The summed E-state index contributed by atoms with van der Waals surface area (Å²) < 4.78 is 22.5. The molecule has 120 valence electrons. The van der Waals surface area contributed by atoms with Crippen LogP contribution in [0.25, 0.3) is 0 Å². The van der Waals surface area contributed by atoms with Crippen LogP contribution in [0.2, 0.25) is 0 Å². The molecule has 0 aliphatic carbocycles. The number of nitrogens with two attached hydrogens (primary N) is 1. The number of hydrogen-bond donors (Lipinski definition) is 2. The van der Waals surface area contributed by atoms with E-state index in [9.17, 15) is 23.2 Å². The average molecular weight is 335 g/mol. The molecular weight excluding hydrogens is 324 g/mol. The Morgan fingerprint density at radius 3 is 1.91 bits per heavy atom. The van der Waals surface area contributed by atoms with E-state index < -0.39 is 16.0 Å². The first-order valence-corrected chi connectivity index (χ1v) is 7.70. The van der Waals surface area contributed by atoms with Gasteiger partial charge >= 0.3 is 0 Å². The zero-order valence-electron chi connectivity index (χ0n) is 11.5. The van der Waals surface area contributed by atoms with E-state index in [4.69, 9.17) is 5.14 Å². The van der Waals surface area contributed by atoms with Crippen LogP contribution in [0, 0.1) is 4.91 Å². The molecule has 0 saturated carbocycles. The van der Waals surface area contributed by atoms with Crippen molar-refractivity contribution < 1.29 is 18.3 Å². The Hall–Kier alpha value is -2.98. The zero-order valence-corrected chi connectivity index (χ0v) is 12.4. The minimum absolute atomic E-state index is 0.0302. The molecule has 3 N–H and O–H groups in total.